The van der Waals surface area contributed by atoms with Crippen LogP contribution in [-0.2, 0) is 36.9 Å². The first-order valence-electron chi connectivity index (χ1n) is 16.4. The number of benzene rings is 4. The lowest BCUT2D eigenvalue weighted by Crippen LogP contribution is -2.31. The molecule has 3 atom stereocenters. The third kappa shape index (κ3) is 8.56. The Labute approximate surface area is 281 Å². The van der Waals surface area contributed by atoms with Crippen molar-refractivity contribution in [3.63, 3.8) is 0 Å². The molecule has 8 nitrogen and oxygen atoms in total. The van der Waals surface area contributed by atoms with E-state index in [1.54, 1.807) is 48.8 Å². The van der Waals surface area contributed by atoms with Gasteiger partial charge in [0.15, 0.2) is 23.0 Å². The lowest BCUT2D eigenvalue weighted by Gasteiger charge is -2.26. The Kier molecular flexibility index (Phi) is 11.8. The number of carbonyl (C=O) groups excluding carboxylic acids is 1. The van der Waals surface area contributed by atoms with E-state index in [0.29, 0.717) is 50.0 Å². The molecule has 0 bridgehead atoms. The average molecular weight is 651 g/mol. The van der Waals surface area contributed by atoms with Crippen molar-refractivity contribution in [3.8, 4) is 23.0 Å². The van der Waals surface area contributed by atoms with Crippen molar-refractivity contribution in [1.82, 2.24) is 4.98 Å². The van der Waals surface area contributed by atoms with Gasteiger partial charge in [-0.25, -0.2) is 0 Å². The number of ether oxygens (including phenoxy) is 2. The number of aromatic hydroxyl groups is 2. The van der Waals surface area contributed by atoms with E-state index in [1.807, 2.05) is 18.2 Å². The van der Waals surface area contributed by atoms with Gasteiger partial charge in [0.25, 0.3) is 0 Å². The highest BCUT2D eigenvalue weighted by Gasteiger charge is 2.28. The van der Waals surface area contributed by atoms with Crippen LogP contribution in [0.2, 0.25) is 0 Å². The standard InChI is InChI=1S/C40H44NO7/c1-47-39-21-26(9-13-35(39)43)18-31(20-28-15-16-41-25-28)37(45)24-38(46)32(19-27-10-14-36(44)40(22-27)48-2)23-30-12-11-29-6-3-4-7-33(29)34(30)8-5-17-42/h3-4,6-7,9-16,21-22,25,31-32,37,42-45H,5,8,17-20,23-24H2,1-2H3/q-1/t31-,32-,37-/m1/s1. The third-order valence-electron chi connectivity index (χ3n) is 9.18. The molecule has 8 heteroatoms. The molecule has 0 saturated carbocycles. The van der Waals surface area contributed by atoms with Gasteiger partial charge in [0.05, 0.1) is 20.3 Å². The molecule has 0 spiro atoms. The van der Waals surface area contributed by atoms with Gasteiger partial charge in [-0.3, -0.25) is 4.79 Å². The van der Waals surface area contributed by atoms with Gasteiger partial charge >= 0.3 is 0 Å². The Morgan fingerprint density at radius 3 is 2.10 bits per heavy atom. The molecule has 5 aromatic rings. The van der Waals surface area contributed by atoms with E-state index in [2.05, 4.69) is 29.2 Å². The summed E-state index contributed by atoms with van der Waals surface area (Å²) in [5.41, 5.74) is 4.83. The fourth-order valence-electron chi connectivity index (χ4n) is 6.60. The van der Waals surface area contributed by atoms with Crippen molar-refractivity contribution >= 4 is 16.6 Å². The fraction of sp³-hybridized carbons (Fsp3) is 0.325. The van der Waals surface area contributed by atoms with E-state index in [1.165, 1.54) is 14.2 Å². The monoisotopic (exact) mass is 650 g/mol. The third-order valence-corrected chi connectivity index (χ3v) is 9.18. The first-order valence-corrected chi connectivity index (χ1v) is 16.4. The molecule has 252 valence electrons. The Morgan fingerprint density at radius 2 is 1.46 bits per heavy atom. The number of rotatable bonds is 17. The van der Waals surface area contributed by atoms with Gasteiger partial charge in [0.1, 0.15) is 5.78 Å². The molecule has 4 N–H and O–H groups in total. The molecule has 1 heterocycles. The first kappa shape index (κ1) is 34.5. The number of carbonyl (C=O) groups is 1. The Balaban J connectivity index is 1.45. The predicted octanol–water partition coefficient (Wildman–Crippen LogP) is 5.97. The van der Waals surface area contributed by atoms with Crippen LogP contribution < -0.4 is 14.5 Å². The van der Waals surface area contributed by atoms with Crippen molar-refractivity contribution in [2.45, 2.75) is 51.0 Å². The number of aromatic nitrogens is 1. The van der Waals surface area contributed by atoms with Gasteiger partial charge in [-0.15, -0.1) is 0 Å². The molecular formula is C40H44NO7-. The van der Waals surface area contributed by atoms with Gasteiger partial charge in [-0.1, -0.05) is 60.2 Å². The van der Waals surface area contributed by atoms with Crippen molar-refractivity contribution in [1.29, 1.82) is 0 Å². The first-order chi connectivity index (χ1) is 23.3. The Bertz CT molecular complexity index is 1800. The maximum absolute atomic E-state index is 14.3. The van der Waals surface area contributed by atoms with Crippen LogP contribution in [-0.4, -0.2) is 53.1 Å². The van der Waals surface area contributed by atoms with Crippen molar-refractivity contribution in [2.24, 2.45) is 11.8 Å². The van der Waals surface area contributed by atoms with Gasteiger partial charge in [0.2, 0.25) is 0 Å². The number of aliphatic hydroxyl groups is 2. The molecule has 4 aromatic carbocycles. The fourth-order valence-corrected chi connectivity index (χ4v) is 6.60. The van der Waals surface area contributed by atoms with E-state index < -0.39 is 12.0 Å². The number of hydrogen-bond donors (Lipinski definition) is 4. The van der Waals surface area contributed by atoms with Gasteiger partial charge in [0, 0.05) is 18.9 Å². The Hall–Kier alpha value is -4.79. The van der Waals surface area contributed by atoms with E-state index in [-0.39, 0.29) is 36.2 Å². The highest BCUT2D eigenvalue weighted by atomic mass is 16.5. The number of Topliss-reactive ketones (excluding diaryl/α,β-unsaturated/α-hetero) is 1. The van der Waals surface area contributed by atoms with Gasteiger partial charge in [-0.05, 0) is 102 Å². The SMILES string of the molecule is COc1cc(C[C@H](Cc2ccc3ccccc3c2CCCO)C(=O)C[C@@H](O)[C@@H](Cc2cc[n-]c2)Cc2ccc(O)c(OC)c2)ccc1O. The lowest BCUT2D eigenvalue weighted by atomic mass is 9.81. The molecule has 0 radical (unpaired) electrons. The van der Waals surface area contributed by atoms with E-state index >= 15 is 0 Å². The van der Waals surface area contributed by atoms with E-state index in [0.717, 1.165) is 38.6 Å². The summed E-state index contributed by atoms with van der Waals surface area (Å²) < 4.78 is 10.7. The van der Waals surface area contributed by atoms with Crippen molar-refractivity contribution in [2.75, 3.05) is 20.8 Å². The number of aryl methyl sites for hydroxylation is 1. The smallest absolute Gasteiger partial charge is 0.160 e. The zero-order valence-corrected chi connectivity index (χ0v) is 27.5. The summed E-state index contributed by atoms with van der Waals surface area (Å²) in [6.07, 6.45) is 5.60. The summed E-state index contributed by atoms with van der Waals surface area (Å²) in [7, 11) is 2.99. The van der Waals surface area contributed by atoms with E-state index in [4.69, 9.17) is 9.47 Å². The normalized spacial score (nSPS) is 13.2. The molecule has 0 aliphatic heterocycles. The summed E-state index contributed by atoms with van der Waals surface area (Å²) in [4.78, 5) is 18.5. The van der Waals surface area contributed by atoms with Crippen LogP contribution >= 0.6 is 0 Å². The number of phenols is 2. The second-order valence-electron chi connectivity index (χ2n) is 12.4. The summed E-state index contributed by atoms with van der Waals surface area (Å²) in [5, 5.41) is 44.0. The van der Waals surface area contributed by atoms with Crippen LogP contribution in [0.15, 0.2) is 91.3 Å². The largest absolute Gasteiger partial charge is 0.670 e. The van der Waals surface area contributed by atoms with Crippen LogP contribution in [0.4, 0.5) is 0 Å². The maximum atomic E-state index is 14.3. The minimum atomic E-state index is -0.950. The summed E-state index contributed by atoms with van der Waals surface area (Å²) in [6, 6.07) is 24.5. The lowest BCUT2D eigenvalue weighted by molar-refractivity contribution is -0.125. The number of ketones is 1. The molecule has 0 fully saturated rings. The van der Waals surface area contributed by atoms with Crippen LogP contribution in [0.5, 0.6) is 23.0 Å². The molecule has 0 aliphatic rings. The highest BCUT2D eigenvalue weighted by Crippen LogP contribution is 2.33. The number of methoxy groups -OCH3 is 2. The number of hydrogen-bond acceptors (Lipinski definition) is 7. The minimum absolute atomic E-state index is 0.0241. The average Bonchev–Trinajstić information content (AvgIpc) is 3.61. The molecule has 0 unspecified atom stereocenters. The minimum Gasteiger partial charge on any atom is -0.670 e. The maximum Gasteiger partial charge on any atom is 0.160 e. The van der Waals surface area contributed by atoms with E-state index in [9.17, 15) is 25.2 Å². The topological polar surface area (TPSA) is 131 Å². The second kappa shape index (κ2) is 16.4. The van der Waals surface area contributed by atoms with Gasteiger partial charge in [-0.2, -0.15) is 12.4 Å². The summed E-state index contributed by atoms with van der Waals surface area (Å²) in [5.74, 6) is -0.0970. The summed E-state index contributed by atoms with van der Waals surface area (Å²) >= 11 is 0. The number of fused-ring (bicyclic) bond motifs is 1. The van der Waals surface area contributed by atoms with Gasteiger partial charge < -0.3 is 34.9 Å². The predicted molar refractivity (Wildman–Crippen MR) is 186 cm³/mol. The van der Waals surface area contributed by atoms with Crippen molar-refractivity contribution < 1.29 is 34.7 Å². The van der Waals surface area contributed by atoms with Crippen LogP contribution in [0.1, 0.15) is 40.7 Å². The van der Waals surface area contributed by atoms with Crippen LogP contribution in [0, 0.1) is 11.8 Å². The van der Waals surface area contributed by atoms with Crippen LogP contribution in [0.25, 0.3) is 10.8 Å². The van der Waals surface area contributed by atoms with Crippen molar-refractivity contribution in [3.05, 3.63) is 119 Å². The highest BCUT2D eigenvalue weighted by molar-refractivity contribution is 5.87. The summed E-state index contributed by atoms with van der Waals surface area (Å²) in [6.45, 7) is 0.0672. The number of nitrogens with zero attached hydrogens (tertiary/aromatic N) is 1. The van der Waals surface area contributed by atoms with Crippen LogP contribution in [0.3, 0.4) is 0 Å². The molecule has 0 saturated heterocycles. The zero-order chi connectivity index (χ0) is 34.0. The molecule has 5 rings (SSSR count). The molecule has 1 aromatic heterocycles. The number of phenolic OH excluding ortho intramolecular Hbond substituents is 2. The molecular weight excluding hydrogens is 606 g/mol. The molecule has 0 amide bonds. The molecule has 48 heavy (non-hydrogen) atoms. The second-order valence-corrected chi connectivity index (χ2v) is 12.4. The Morgan fingerprint density at radius 1 is 0.792 bits per heavy atom. The molecule has 0 aliphatic carbocycles. The number of aliphatic hydroxyl groups excluding tert-OH is 2. The quantitative estimate of drug-likeness (QED) is 0.0968. The zero-order valence-electron chi connectivity index (χ0n) is 27.5.